The van der Waals surface area contributed by atoms with Crippen molar-refractivity contribution in [2.45, 2.75) is 52.7 Å². The van der Waals surface area contributed by atoms with Gasteiger partial charge in [-0.15, -0.1) is 0 Å². The zero-order valence-electron chi connectivity index (χ0n) is 15.0. The lowest BCUT2D eigenvalue weighted by Crippen LogP contribution is -2.42. The lowest BCUT2D eigenvalue weighted by Gasteiger charge is -2.25. The molecule has 24 heavy (non-hydrogen) atoms. The van der Waals surface area contributed by atoms with Crippen LogP contribution in [0.15, 0.2) is 35.9 Å². The highest BCUT2D eigenvalue weighted by Gasteiger charge is 2.22. The minimum absolute atomic E-state index is 0.129. The van der Waals surface area contributed by atoms with Crippen LogP contribution in [0.2, 0.25) is 0 Å². The Bertz CT molecular complexity index is 583. The van der Waals surface area contributed by atoms with Crippen LogP contribution < -0.4 is 10.6 Å². The number of nitrogens with one attached hydrogen (secondary N) is 2. The summed E-state index contributed by atoms with van der Waals surface area (Å²) in [6, 6.07) is 7.05. The van der Waals surface area contributed by atoms with Gasteiger partial charge in [-0.3, -0.25) is 9.59 Å². The van der Waals surface area contributed by atoms with Gasteiger partial charge in [0, 0.05) is 24.7 Å². The number of benzene rings is 1. The molecule has 3 N–H and O–H groups in total. The van der Waals surface area contributed by atoms with Gasteiger partial charge in [-0.25, -0.2) is 0 Å². The molecular weight excluding hydrogens is 304 g/mol. The molecule has 1 aromatic carbocycles. The van der Waals surface area contributed by atoms with Crippen LogP contribution in [0.5, 0.6) is 0 Å². The maximum Gasteiger partial charge on any atom is 0.251 e. The van der Waals surface area contributed by atoms with Gasteiger partial charge in [0.2, 0.25) is 5.91 Å². The van der Waals surface area contributed by atoms with Crippen LogP contribution in [-0.2, 0) is 11.3 Å². The van der Waals surface area contributed by atoms with E-state index in [-0.39, 0.29) is 18.4 Å². The molecule has 0 unspecified atom stereocenters. The molecule has 0 bridgehead atoms. The molecule has 0 saturated carbocycles. The van der Waals surface area contributed by atoms with Crippen LogP contribution >= 0.6 is 0 Å². The Kier molecular flexibility index (Phi) is 7.65. The van der Waals surface area contributed by atoms with Crippen molar-refractivity contribution in [2.75, 3.05) is 6.54 Å². The Morgan fingerprint density at radius 3 is 2.17 bits per heavy atom. The zero-order valence-corrected chi connectivity index (χ0v) is 15.0. The summed E-state index contributed by atoms with van der Waals surface area (Å²) in [4.78, 5) is 23.7. The van der Waals surface area contributed by atoms with Gasteiger partial charge in [0.05, 0.1) is 5.60 Å². The van der Waals surface area contributed by atoms with E-state index in [9.17, 15) is 14.7 Å². The summed E-state index contributed by atoms with van der Waals surface area (Å²) in [6.07, 6.45) is 2.73. The topological polar surface area (TPSA) is 78.4 Å². The highest BCUT2D eigenvalue weighted by atomic mass is 16.3. The second-order valence-electron chi connectivity index (χ2n) is 6.25. The van der Waals surface area contributed by atoms with Crippen molar-refractivity contribution < 1.29 is 14.7 Å². The molecule has 0 heterocycles. The SMILES string of the molecule is CCC(O)(CC)CNC(=O)c1ccc(CNC(=O)C=C(C)C)cc1. The van der Waals surface area contributed by atoms with Gasteiger partial charge in [-0.1, -0.05) is 31.6 Å². The summed E-state index contributed by atoms with van der Waals surface area (Å²) in [7, 11) is 0. The van der Waals surface area contributed by atoms with E-state index >= 15 is 0 Å². The minimum Gasteiger partial charge on any atom is -0.388 e. The summed E-state index contributed by atoms with van der Waals surface area (Å²) in [5, 5.41) is 15.7. The van der Waals surface area contributed by atoms with Crippen LogP contribution in [0.3, 0.4) is 0 Å². The number of hydrogen-bond acceptors (Lipinski definition) is 3. The molecule has 1 aromatic rings. The molecule has 0 radical (unpaired) electrons. The Hall–Kier alpha value is -2.14. The van der Waals surface area contributed by atoms with Crippen molar-refractivity contribution in [3.8, 4) is 0 Å². The Balaban J connectivity index is 2.56. The maximum absolute atomic E-state index is 12.1. The highest BCUT2D eigenvalue weighted by Crippen LogP contribution is 2.13. The fourth-order valence-electron chi connectivity index (χ4n) is 2.12. The van der Waals surface area contributed by atoms with E-state index in [2.05, 4.69) is 10.6 Å². The van der Waals surface area contributed by atoms with Crippen molar-refractivity contribution in [1.29, 1.82) is 0 Å². The third kappa shape index (κ3) is 6.54. The van der Waals surface area contributed by atoms with E-state index in [1.54, 1.807) is 18.2 Å². The molecule has 0 aliphatic heterocycles. The van der Waals surface area contributed by atoms with Crippen LogP contribution in [-0.4, -0.2) is 29.1 Å². The number of carbonyl (C=O) groups excluding carboxylic acids is 2. The van der Waals surface area contributed by atoms with Gasteiger partial charge >= 0.3 is 0 Å². The molecule has 0 aliphatic rings. The fourth-order valence-corrected chi connectivity index (χ4v) is 2.12. The van der Waals surface area contributed by atoms with Crippen LogP contribution in [0.4, 0.5) is 0 Å². The maximum atomic E-state index is 12.1. The monoisotopic (exact) mass is 332 g/mol. The van der Waals surface area contributed by atoms with Crippen LogP contribution in [0.1, 0.15) is 56.5 Å². The highest BCUT2D eigenvalue weighted by molar-refractivity contribution is 5.94. The third-order valence-corrected chi connectivity index (χ3v) is 4.00. The first kappa shape index (κ1) is 19.9. The van der Waals surface area contributed by atoms with E-state index in [4.69, 9.17) is 0 Å². The molecule has 0 atom stereocenters. The lowest BCUT2D eigenvalue weighted by molar-refractivity contribution is -0.116. The van der Waals surface area contributed by atoms with Gasteiger partial charge in [0.25, 0.3) is 5.91 Å². The molecule has 2 amide bonds. The quantitative estimate of drug-likeness (QED) is 0.640. The first-order chi connectivity index (χ1) is 11.3. The van der Waals surface area contributed by atoms with Gasteiger partial charge in [-0.2, -0.15) is 0 Å². The van der Waals surface area contributed by atoms with Gasteiger partial charge in [0.1, 0.15) is 0 Å². The molecule has 0 saturated heterocycles. The Labute approximate surface area is 144 Å². The number of hydrogen-bond donors (Lipinski definition) is 3. The predicted molar refractivity (Wildman–Crippen MR) is 95.6 cm³/mol. The number of aliphatic hydroxyl groups is 1. The van der Waals surface area contributed by atoms with Crippen LogP contribution in [0, 0.1) is 0 Å². The summed E-state index contributed by atoms with van der Waals surface area (Å²) < 4.78 is 0. The summed E-state index contributed by atoms with van der Waals surface area (Å²) in [6.45, 7) is 8.17. The molecule has 0 aromatic heterocycles. The second-order valence-corrected chi connectivity index (χ2v) is 6.25. The standard InChI is InChI=1S/C19H28N2O3/c1-5-19(24,6-2)13-21-18(23)16-9-7-15(8-10-16)12-20-17(22)11-14(3)4/h7-11,24H,5-6,12-13H2,1-4H3,(H,20,22)(H,21,23). The smallest absolute Gasteiger partial charge is 0.251 e. The summed E-state index contributed by atoms with van der Waals surface area (Å²) in [5.74, 6) is -0.342. The van der Waals surface area contributed by atoms with Crippen molar-refractivity contribution in [1.82, 2.24) is 10.6 Å². The zero-order chi connectivity index (χ0) is 18.2. The Morgan fingerprint density at radius 2 is 1.67 bits per heavy atom. The van der Waals surface area contributed by atoms with Crippen molar-refractivity contribution in [3.05, 3.63) is 47.0 Å². The largest absolute Gasteiger partial charge is 0.388 e. The normalized spacial score (nSPS) is 10.9. The van der Waals surface area contributed by atoms with Gasteiger partial charge < -0.3 is 15.7 Å². The Morgan fingerprint density at radius 1 is 1.08 bits per heavy atom. The fraction of sp³-hybridized carbons (Fsp3) is 0.474. The predicted octanol–water partition coefficient (Wildman–Crippen LogP) is 2.55. The van der Waals surface area contributed by atoms with Crippen molar-refractivity contribution in [2.24, 2.45) is 0 Å². The number of carbonyl (C=O) groups is 2. The van der Waals surface area contributed by atoms with Gasteiger partial charge in [-0.05, 0) is 44.4 Å². The minimum atomic E-state index is -0.856. The number of amides is 2. The first-order valence-corrected chi connectivity index (χ1v) is 8.32. The third-order valence-electron chi connectivity index (χ3n) is 4.00. The summed E-state index contributed by atoms with van der Waals surface area (Å²) >= 11 is 0. The molecule has 0 aliphatic carbocycles. The van der Waals surface area contributed by atoms with E-state index < -0.39 is 5.60 Å². The van der Waals surface area contributed by atoms with E-state index in [0.717, 1.165) is 11.1 Å². The van der Waals surface area contributed by atoms with Crippen molar-refractivity contribution >= 4 is 11.8 Å². The molecular formula is C19H28N2O3. The van der Waals surface area contributed by atoms with Gasteiger partial charge in [0.15, 0.2) is 0 Å². The number of allylic oxidation sites excluding steroid dienone is 1. The molecule has 0 fully saturated rings. The van der Waals surface area contributed by atoms with E-state index in [0.29, 0.717) is 24.9 Å². The summed E-state index contributed by atoms with van der Waals surface area (Å²) in [5.41, 5.74) is 1.54. The first-order valence-electron chi connectivity index (χ1n) is 8.32. The molecule has 0 spiro atoms. The molecule has 1 rings (SSSR count). The van der Waals surface area contributed by atoms with E-state index in [1.165, 1.54) is 0 Å². The molecule has 132 valence electrons. The molecule has 5 heteroatoms. The van der Waals surface area contributed by atoms with Crippen molar-refractivity contribution in [3.63, 3.8) is 0 Å². The average molecular weight is 332 g/mol. The van der Waals surface area contributed by atoms with E-state index in [1.807, 2.05) is 39.8 Å². The second kappa shape index (κ2) is 9.23. The number of rotatable bonds is 8. The lowest BCUT2D eigenvalue weighted by atomic mass is 9.97. The average Bonchev–Trinajstić information content (AvgIpc) is 2.57. The van der Waals surface area contributed by atoms with Crippen LogP contribution in [0.25, 0.3) is 0 Å². The molecule has 5 nitrogen and oxygen atoms in total.